The second kappa shape index (κ2) is 5.42. The summed E-state index contributed by atoms with van der Waals surface area (Å²) in [5, 5.41) is 15.9. The van der Waals surface area contributed by atoms with E-state index >= 15 is 0 Å². The molecular formula is C13H19N3O3. The molecule has 1 aliphatic carbocycles. The number of hydrogen-bond acceptors (Lipinski definition) is 3. The minimum absolute atomic E-state index is 0.349. The number of carbonyl (C=O) groups is 2. The van der Waals surface area contributed by atoms with Crippen LogP contribution in [0.25, 0.3) is 0 Å². The number of hydrogen-bond donors (Lipinski definition) is 2. The van der Waals surface area contributed by atoms with E-state index in [4.69, 9.17) is 5.11 Å². The first-order valence-corrected chi connectivity index (χ1v) is 6.57. The molecule has 6 nitrogen and oxygen atoms in total. The molecule has 1 heterocycles. The molecule has 6 heteroatoms. The minimum Gasteiger partial charge on any atom is -0.480 e. The summed E-state index contributed by atoms with van der Waals surface area (Å²) in [7, 11) is 1.74. The van der Waals surface area contributed by atoms with Crippen molar-refractivity contribution in [1.82, 2.24) is 15.1 Å². The van der Waals surface area contributed by atoms with E-state index in [1.54, 1.807) is 17.9 Å². The number of carboxylic acids is 1. The lowest BCUT2D eigenvalue weighted by Gasteiger charge is -2.13. The molecule has 1 amide bonds. The molecule has 19 heavy (non-hydrogen) atoms. The van der Waals surface area contributed by atoms with Crippen molar-refractivity contribution >= 4 is 11.9 Å². The predicted molar refractivity (Wildman–Crippen MR) is 68.8 cm³/mol. The maximum Gasteiger partial charge on any atom is 0.326 e. The van der Waals surface area contributed by atoms with Gasteiger partial charge in [-0.3, -0.25) is 9.48 Å². The Kier molecular flexibility index (Phi) is 3.87. The summed E-state index contributed by atoms with van der Waals surface area (Å²) in [5.74, 6) is -0.874. The topological polar surface area (TPSA) is 84.2 Å². The van der Waals surface area contributed by atoms with Crippen molar-refractivity contribution in [3.8, 4) is 0 Å². The number of carboxylic acid groups (broad SMARTS) is 1. The van der Waals surface area contributed by atoms with E-state index in [0.29, 0.717) is 30.0 Å². The van der Waals surface area contributed by atoms with Crippen molar-refractivity contribution in [2.45, 2.75) is 38.6 Å². The van der Waals surface area contributed by atoms with Gasteiger partial charge in [-0.15, -0.1) is 0 Å². The van der Waals surface area contributed by atoms with Crippen LogP contribution in [-0.2, 0) is 18.3 Å². The molecule has 1 fully saturated rings. The van der Waals surface area contributed by atoms with Gasteiger partial charge in [-0.2, -0.15) is 5.10 Å². The average Bonchev–Trinajstić information content (AvgIpc) is 3.08. The Balaban J connectivity index is 2.06. The van der Waals surface area contributed by atoms with E-state index in [1.165, 1.54) is 0 Å². The van der Waals surface area contributed by atoms with Crippen molar-refractivity contribution in [3.05, 3.63) is 17.5 Å². The molecule has 104 valence electrons. The highest BCUT2D eigenvalue weighted by Gasteiger charge is 2.31. The lowest BCUT2D eigenvalue weighted by Crippen LogP contribution is -2.41. The van der Waals surface area contributed by atoms with Crippen LogP contribution in [-0.4, -0.2) is 32.8 Å². The zero-order valence-corrected chi connectivity index (χ0v) is 11.2. The van der Waals surface area contributed by atoms with E-state index < -0.39 is 12.0 Å². The quantitative estimate of drug-likeness (QED) is 0.802. The Bertz CT molecular complexity index is 491. The fourth-order valence-corrected chi connectivity index (χ4v) is 2.13. The van der Waals surface area contributed by atoms with Gasteiger partial charge in [-0.05, 0) is 18.8 Å². The molecule has 0 aromatic carbocycles. The molecule has 2 rings (SSSR count). The van der Waals surface area contributed by atoms with E-state index in [9.17, 15) is 9.59 Å². The Morgan fingerprint density at radius 3 is 2.79 bits per heavy atom. The van der Waals surface area contributed by atoms with Gasteiger partial charge in [0.05, 0.1) is 11.3 Å². The normalized spacial score (nSPS) is 16.1. The molecule has 0 aliphatic heterocycles. The number of aromatic nitrogens is 2. The van der Waals surface area contributed by atoms with Gasteiger partial charge in [0.25, 0.3) is 5.91 Å². The first-order chi connectivity index (χ1) is 9.01. The summed E-state index contributed by atoms with van der Waals surface area (Å²) < 4.78 is 1.57. The third-order valence-electron chi connectivity index (χ3n) is 3.35. The summed E-state index contributed by atoms with van der Waals surface area (Å²) in [4.78, 5) is 23.3. The summed E-state index contributed by atoms with van der Waals surface area (Å²) in [6, 6.07) is -0.801. The van der Waals surface area contributed by atoms with E-state index in [0.717, 1.165) is 12.8 Å². The number of aliphatic carboxylic acids is 1. The van der Waals surface area contributed by atoms with Gasteiger partial charge < -0.3 is 10.4 Å². The number of nitrogens with one attached hydrogen (secondary N) is 1. The van der Waals surface area contributed by atoms with Crippen LogP contribution < -0.4 is 5.32 Å². The van der Waals surface area contributed by atoms with Crippen molar-refractivity contribution in [3.63, 3.8) is 0 Å². The molecule has 0 unspecified atom stereocenters. The number of rotatable bonds is 6. The standard InChI is InChI=1S/C13H19N3O3/c1-3-10-9(7-16(2)15-10)12(17)14-11(13(18)19)6-8-4-5-8/h7-8,11H,3-6H2,1-2H3,(H,14,17)(H,18,19)/t11-/m0/s1. The molecule has 1 aromatic heterocycles. The highest BCUT2D eigenvalue weighted by Crippen LogP contribution is 2.33. The van der Waals surface area contributed by atoms with Crippen molar-refractivity contribution in [2.75, 3.05) is 0 Å². The number of amides is 1. The number of nitrogens with zero attached hydrogens (tertiary/aromatic N) is 2. The summed E-state index contributed by atoms with van der Waals surface area (Å²) in [6.45, 7) is 1.91. The maximum absolute atomic E-state index is 12.1. The second-order valence-electron chi connectivity index (χ2n) is 5.06. The Labute approximate surface area is 111 Å². The fourth-order valence-electron chi connectivity index (χ4n) is 2.13. The van der Waals surface area contributed by atoms with E-state index in [1.807, 2.05) is 6.92 Å². The van der Waals surface area contributed by atoms with Gasteiger partial charge in [0, 0.05) is 13.2 Å². The molecule has 1 aromatic rings. The molecule has 0 saturated heterocycles. The largest absolute Gasteiger partial charge is 0.480 e. The first-order valence-electron chi connectivity index (χ1n) is 6.57. The second-order valence-corrected chi connectivity index (χ2v) is 5.06. The zero-order chi connectivity index (χ0) is 14.0. The van der Waals surface area contributed by atoms with E-state index in [2.05, 4.69) is 10.4 Å². The van der Waals surface area contributed by atoms with Crippen molar-refractivity contribution in [1.29, 1.82) is 0 Å². The van der Waals surface area contributed by atoms with Crippen molar-refractivity contribution in [2.24, 2.45) is 13.0 Å². The van der Waals surface area contributed by atoms with Crippen LogP contribution in [0.3, 0.4) is 0 Å². The van der Waals surface area contributed by atoms with Gasteiger partial charge in [0.1, 0.15) is 6.04 Å². The van der Waals surface area contributed by atoms with Gasteiger partial charge in [-0.1, -0.05) is 19.8 Å². The van der Waals surface area contributed by atoms with Crippen LogP contribution >= 0.6 is 0 Å². The third-order valence-corrected chi connectivity index (χ3v) is 3.35. The summed E-state index contributed by atoms with van der Waals surface area (Å²) >= 11 is 0. The number of carbonyl (C=O) groups excluding carboxylic acids is 1. The van der Waals surface area contributed by atoms with Crippen LogP contribution in [0, 0.1) is 5.92 Å². The minimum atomic E-state index is -0.970. The fraction of sp³-hybridized carbons (Fsp3) is 0.615. The van der Waals surface area contributed by atoms with Crippen LogP contribution in [0.1, 0.15) is 42.2 Å². The van der Waals surface area contributed by atoms with Gasteiger partial charge in [0.15, 0.2) is 0 Å². The van der Waals surface area contributed by atoms with Crippen molar-refractivity contribution < 1.29 is 14.7 Å². The highest BCUT2D eigenvalue weighted by molar-refractivity contribution is 5.97. The summed E-state index contributed by atoms with van der Waals surface area (Å²) in [6.07, 6.45) is 4.91. The van der Waals surface area contributed by atoms with Crippen LogP contribution in [0.4, 0.5) is 0 Å². The molecule has 1 aliphatic rings. The van der Waals surface area contributed by atoms with Crippen LogP contribution in [0.15, 0.2) is 6.20 Å². The van der Waals surface area contributed by atoms with Crippen LogP contribution in [0.2, 0.25) is 0 Å². The molecule has 2 N–H and O–H groups in total. The zero-order valence-electron chi connectivity index (χ0n) is 11.2. The smallest absolute Gasteiger partial charge is 0.326 e. The Hall–Kier alpha value is -1.85. The monoisotopic (exact) mass is 265 g/mol. The lowest BCUT2D eigenvalue weighted by molar-refractivity contribution is -0.139. The SMILES string of the molecule is CCc1nn(C)cc1C(=O)N[C@@H](CC1CC1)C(=O)O. The molecule has 1 saturated carbocycles. The Morgan fingerprint density at radius 2 is 2.26 bits per heavy atom. The van der Waals surface area contributed by atoms with Gasteiger partial charge in [0.2, 0.25) is 0 Å². The lowest BCUT2D eigenvalue weighted by atomic mass is 10.1. The van der Waals surface area contributed by atoms with Gasteiger partial charge >= 0.3 is 5.97 Å². The maximum atomic E-state index is 12.1. The highest BCUT2D eigenvalue weighted by atomic mass is 16.4. The molecule has 0 spiro atoms. The summed E-state index contributed by atoms with van der Waals surface area (Å²) in [5.41, 5.74) is 1.16. The predicted octanol–water partition coefficient (Wildman–Crippen LogP) is 0.966. The van der Waals surface area contributed by atoms with Crippen LogP contribution in [0.5, 0.6) is 0 Å². The molecular weight excluding hydrogens is 246 g/mol. The van der Waals surface area contributed by atoms with Gasteiger partial charge in [-0.25, -0.2) is 4.79 Å². The number of aryl methyl sites for hydroxylation is 2. The Morgan fingerprint density at radius 1 is 1.58 bits per heavy atom. The molecule has 1 atom stereocenters. The van der Waals surface area contributed by atoms with E-state index in [-0.39, 0.29) is 5.91 Å². The third kappa shape index (κ3) is 3.33. The first kappa shape index (κ1) is 13.6. The average molecular weight is 265 g/mol. The molecule has 0 radical (unpaired) electrons. The molecule has 0 bridgehead atoms.